The van der Waals surface area contributed by atoms with Gasteiger partial charge in [0.1, 0.15) is 11.6 Å². The Balaban J connectivity index is 1.30. The largest absolute Gasteiger partial charge is 0.497 e. The van der Waals surface area contributed by atoms with Gasteiger partial charge in [-0.1, -0.05) is 12.1 Å². The molecule has 0 spiro atoms. The first kappa shape index (κ1) is 20.3. The maximum Gasteiger partial charge on any atom is 0.338 e. The highest BCUT2D eigenvalue weighted by atomic mass is 32.1. The second-order valence-corrected chi connectivity index (χ2v) is 7.26. The SMILES string of the molecule is COc1ccc(-c2csc(NC(=O)COC(=O)c3ccc(-c4ncc[nH]4)cc3)n2)cc1. The quantitative estimate of drug-likeness (QED) is 0.426. The number of nitrogens with zero attached hydrogens (tertiary/aromatic N) is 2. The number of nitrogens with one attached hydrogen (secondary N) is 2. The van der Waals surface area contributed by atoms with E-state index in [4.69, 9.17) is 9.47 Å². The van der Waals surface area contributed by atoms with Crippen LogP contribution in [0.5, 0.6) is 5.75 Å². The molecule has 2 aromatic heterocycles. The molecule has 0 unspecified atom stereocenters. The van der Waals surface area contributed by atoms with Gasteiger partial charge in [0, 0.05) is 28.9 Å². The summed E-state index contributed by atoms with van der Waals surface area (Å²) in [5.41, 5.74) is 2.83. The molecule has 0 aliphatic rings. The Labute approximate surface area is 181 Å². The van der Waals surface area contributed by atoms with E-state index < -0.39 is 18.5 Å². The topological polar surface area (TPSA) is 106 Å². The highest BCUT2D eigenvalue weighted by Crippen LogP contribution is 2.26. The van der Waals surface area contributed by atoms with Crippen molar-refractivity contribution >= 4 is 28.3 Å². The normalized spacial score (nSPS) is 10.5. The van der Waals surface area contributed by atoms with Crippen molar-refractivity contribution in [1.82, 2.24) is 15.0 Å². The van der Waals surface area contributed by atoms with Crippen LogP contribution in [0, 0.1) is 0 Å². The molecule has 0 saturated carbocycles. The van der Waals surface area contributed by atoms with Crippen molar-refractivity contribution in [3.63, 3.8) is 0 Å². The molecule has 4 aromatic rings. The van der Waals surface area contributed by atoms with Crippen LogP contribution in [-0.4, -0.2) is 40.5 Å². The van der Waals surface area contributed by atoms with Crippen molar-refractivity contribution in [2.45, 2.75) is 0 Å². The summed E-state index contributed by atoms with van der Waals surface area (Å²) in [5, 5.41) is 4.91. The van der Waals surface area contributed by atoms with Crippen LogP contribution in [-0.2, 0) is 9.53 Å². The van der Waals surface area contributed by atoms with Crippen molar-refractivity contribution in [2.24, 2.45) is 0 Å². The highest BCUT2D eigenvalue weighted by Gasteiger charge is 2.13. The molecular weight excluding hydrogens is 416 g/mol. The average Bonchev–Trinajstić information content (AvgIpc) is 3.50. The van der Waals surface area contributed by atoms with E-state index in [1.807, 2.05) is 29.6 Å². The van der Waals surface area contributed by atoms with Crippen LogP contribution < -0.4 is 10.1 Å². The monoisotopic (exact) mass is 434 g/mol. The molecule has 0 fully saturated rings. The van der Waals surface area contributed by atoms with Crippen molar-refractivity contribution in [1.29, 1.82) is 0 Å². The molecular formula is C22H18N4O4S. The second kappa shape index (κ2) is 9.23. The average molecular weight is 434 g/mol. The van der Waals surface area contributed by atoms with Gasteiger partial charge in [-0.05, 0) is 36.4 Å². The summed E-state index contributed by atoms with van der Waals surface area (Å²) in [5.74, 6) is 0.414. The summed E-state index contributed by atoms with van der Waals surface area (Å²) in [6, 6.07) is 14.2. The van der Waals surface area contributed by atoms with Gasteiger partial charge in [-0.25, -0.2) is 14.8 Å². The fourth-order valence-electron chi connectivity index (χ4n) is 2.78. The number of thiazole rings is 1. The molecule has 0 radical (unpaired) electrons. The van der Waals surface area contributed by atoms with Crippen molar-refractivity contribution in [3.8, 4) is 28.4 Å². The van der Waals surface area contributed by atoms with Crippen molar-refractivity contribution < 1.29 is 19.1 Å². The van der Waals surface area contributed by atoms with Crippen LogP contribution >= 0.6 is 11.3 Å². The van der Waals surface area contributed by atoms with Gasteiger partial charge < -0.3 is 14.5 Å². The van der Waals surface area contributed by atoms with Crippen LogP contribution in [0.4, 0.5) is 5.13 Å². The zero-order chi connectivity index (χ0) is 21.6. The Bertz CT molecular complexity index is 1170. The minimum Gasteiger partial charge on any atom is -0.497 e. The number of hydrogen-bond donors (Lipinski definition) is 2. The number of rotatable bonds is 7. The first-order valence-corrected chi connectivity index (χ1v) is 10.2. The number of aromatic amines is 1. The molecule has 0 atom stereocenters. The van der Waals surface area contributed by atoms with Crippen LogP contribution in [0.1, 0.15) is 10.4 Å². The molecule has 1 amide bonds. The molecule has 156 valence electrons. The zero-order valence-electron chi connectivity index (χ0n) is 16.5. The highest BCUT2D eigenvalue weighted by molar-refractivity contribution is 7.14. The van der Waals surface area contributed by atoms with Gasteiger partial charge in [0.15, 0.2) is 11.7 Å². The van der Waals surface area contributed by atoms with E-state index in [0.29, 0.717) is 16.5 Å². The summed E-state index contributed by atoms with van der Waals surface area (Å²) >= 11 is 1.29. The van der Waals surface area contributed by atoms with E-state index in [2.05, 4.69) is 20.3 Å². The molecule has 4 rings (SSSR count). The predicted octanol–water partition coefficient (Wildman–Crippen LogP) is 4.00. The van der Waals surface area contributed by atoms with Gasteiger partial charge in [0.2, 0.25) is 0 Å². The third-order valence-corrected chi connectivity index (χ3v) is 5.12. The third kappa shape index (κ3) is 4.96. The van der Waals surface area contributed by atoms with Crippen LogP contribution in [0.25, 0.3) is 22.6 Å². The van der Waals surface area contributed by atoms with E-state index in [0.717, 1.165) is 22.6 Å². The Morgan fingerprint density at radius 1 is 1.06 bits per heavy atom. The molecule has 31 heavy (non-hydrogen) atoms. The number of aromatic nitrogens is 3. The number of methoxy groups -OCH3 is 1. The number of H-pyrrole nitrogens is 1. The maximum atomic E-state index is 12.2. The lowest BCUT2D eigenvalue weighted by Gasteiger charge is -2.05. The molecule has 2 heterocycles. The van der Waals surface area contributed by atoms with E-state index in [1.165, 1.54) is 11.3 Å². The lowest BCUT2D eigenvalue weighted by Crippen LogP contribution is -2.20. The predicted molar refractivity (Wildman–Crippen MR) is 117 cm³/mol. The van der Waals surface area contributed by atoms with Crippen LogP contribution in [0.3, 0.4) is 0 Å². The fourth-order valence-corrected chi connectivity index (χ4v) is 3.52. The molecule has 9 heteroatoms. The van der Waals surface area contributed by atoms with E-state index in [9.17, 15) is 9.59 Å². The number of hydrogen-bond acceptors (Lipinski definition) is 7. The maximum absolute atomic E-state index is 12.2. The number of amides is 1. The number of imidazole rings is 1. The number of benzene rings is 2. The lowest BCUT2D eigenvalue weighted by atomic mass is 10.1. The zero-order valence-corrected chi connectivity index (χ0v) is 17.3. The summed E-state index contributed by atoms with van der Waals surface area (Å²) in [6.07, 6.45) is 3.37. The Morgan fingerprint density at radius 3 is 2.48 bits per heavy atom. The van der Waals surface area contributed by atoms with E-state index in [1.54, 1.807) is 43.8 Å². The first-order valence-electron chi connectivity index (χ1n) is 9.29. The van der Waals surface area contributed by atoms with Crippen LogP contribution in [0.2, 0.25) is 0 Å². The molecule has 0 bridgehead atoms. The van der Waals surface area contributed by atoms with E-state index >= 15 is 0 Å². The number of carbonyl (C=O) groups excluding carboxylic acids is 2. The molecule has 0 aliphatic carbocycles. The summed E-state index contributed by atoms with van der Waals surface area (Å²) in [6.45, 7) is -0.407. The number of esters is 1. The summed E-state index contributed by atoms with van der Waals surface area (Å²) < 4.78 is 10.2. The number of ether oxygens (including phenoxy) is 2. The van der Waals surface area contributed by atoms with Gasteiger partial charge in [-0.2, -0.15) is 0 Å². The molecule has 0 aliphatic heterocycles. The fraction of sp³-hybridized carbons (Fsp3) is 0.0909. The smallest absolute Gasteiger partial charge is 0.338 e. The number of anilines is 1. The summed E-state index contributed by atoms with van der Waals surface area (Å²) in [4.78, 5) is 35.9. The number of carbonyl (C=O) groups is 2. The van der Waals surface area contributed by atoms with Gasteiger partial charge >= 0.3 is 5.97 Å². The van der Waals surface area contributed by atoms with Gasteiger partial charge in [0.25, 0.3) is 5.91 Å². The van der Waals surface area contributed by atoms with Crippen LogP contribution in [0.15, 0.2) is 66.3 Å². The second-order valence-electron chi connectivity index (χ2n) is 6.41. The Hall–Kier alpha value is -3.98. The molecule has 2 N–H and O–H groups in total. The molecule has 8 nitrogen and oxygen atoms in total. The minimum atomic E-state index is -0.584. The lowest BCUT2D eigenvalue weighted by molar-refractivity contribution is -0.119. The van der Waals surface area contributed by atoms with E-state index in [-0.39, 0.29) is 0 Å². The third-order valence-electron chi connectivity index (χ3n) is 4.36. The Morgan fingerprint density at radius 2 is 1.81 bits per heavy atom. The standard InChI is InChI=1S/C22H18N4O4S/c1-29-17-8-6-14(7-9-17)18-13-31-22(25-18)26-19(27)12-30-21(28)16-4-2-15(3-5-16)20-23-10-11-24-20/h2-11,13H,12H2,1H3,(H,23,24)(H,25,26,27). The minimum absolute atomic E-state index is 0.346. The molecule has 0 saturated heterocycles. The summed E-state index contributed by atoms with van der Waals surface area (Å²) in [7, 11) is 1.61. The van der Waals surface area contributed by atoms with Crippen molar-refractivity contribution in [2.75, 3.05) is 19.0 Å². The van der Waals surface area contributed by atoms with Gasteiger partial charge in [-0.3, -0.25) is 10.1 Å². The van der Waals surface area contributed by atoms with Gasteiger partial charge in [0.05, 0.1) is 18.4 Å². The van der Waals surface area contributed by atoms with Gasteiger partial charge in [-0.15, -0.1) is 11.3 Å². The Kier molecular flexibility index (Phi) is 6.04. The first-order chi connectivity index (χ1) is 15.1. The molecule has 2 aromatic carbocycles. The van der Waals surface area contributed by atoms with Crippen molar-refractivity contribution in [3.05, 3.63) is 71.9 Å².